The highest BCUT2D eigenvalue weighted by atomic mass is 16.1. The molecule has 2 rings (SSSR count). The van der Waals surface area contributed by atoms with Crippen LogP contribution in [0.1, 0.15) is 23.2 Å². The van der Waals surface area contributed by atoms with Crippen molar-refractivity contribution < 1.29 is 4.79 Å². The summed E-state index contributed by atoms with van der Waals surface area (Å²) in [6.45, 7) is 1.33. The van der Waals surface area contributed by atoms with Crippen molar-refractivity contribution in [1.82, 2.24) is 14.9 Å². The molecule has 100 valence electrons. The van der Waals surface area contributed by atoms with Crippen molar-refractivity contribution in [1.29, 1.82) is 0 Å². The Labute approximate surface area is 112 Å². The van der Waals surface area contributed by atoms with Gasteiger partial charge in [-0.1, -0.05) is 0 Å². The van der Waals surface area contributed by atoms with E-state index in [1.54, 1.807) is 12.5 Å². The van der Waals surface area contributed by atoms with Crippen LogP contribution < -0.4 is 11.1 Å². The van der Waals surface area contributed by atoms with Crippen LogP contribution in [0.5, 0.6) is 0 Å². The zero-order chi connectivity index (χ0) is 13.5. The van der Waals surface area contributed by atoms with E-state index in [0.717, 1.165) is 18.5 Å². The monoisotopic (exact) mass is 258 g/mol. The van der Waals surface area contributed by atoms with Crippen LogP contribution in [0.15, 0.2) is 43.0 Å². The van der Waals surface area contributed by atoms with Crippen molar-refractivity contribution in [2.24, 2.45) is 5.73 Å². The van der Waals surface area contributed by atoms with Gasteiger partial charge in [0.25, 0.3) is 5.91 Å². The number of rotatable bonds is 6. The minimum Gasteiger partial charge on any atom is -0.352 e. The smallest absolute Gasteiger partial charge is 0.251 e. The third-order valence-corrected chi connectivity index (χ3v) is 2.85. The molecule has 0 aliphatic heterocycles. The Hall–Kier alpha value is -2.14. The molecule has 3 N–H and O–H groups in total. The number of amides is 1. The third-order valence-electron chi connectivity index (χ3n) is 2.85. The Morgan fingerprint density at radius 2 is 2.05 bits per heavy atom. The molecule has 0 fully saturated rings. The number of nitrogens with zero attached hydrogens (tertiary/aromatic N) is 2. The van der Waals surface area contributed by atoms with Gasteiger partial charge in [0.15, 0.2) is 0 Å². The number of nitrogens with one attached hydrogen (secondary N) is 1. The topological polar surface area (TPSA) is 72.9 Å². The molecule has 0 aliphatic carbocycles. The Morgan fingerprint density at radius 1 is 1.26 bits per heavy atom. The highest BCUT2D eigenvalue weighted by Gasteiger charge is 2.04. The van der Waals surface area contributed by atoms with Gasteiger partial charge < -0.3 is 15.6 Å². The molecular weight excluding hydrogens is 240 g/mol. The minimum atomic E-state index is -0.0470. The molecule has 0 saturated heterocycles. The third kappa shape index (κ3) is 3.66. The van der Waals surface area contributed by atoms with Crippen LogP contribution in [-0.2, 0) is 0 Å². The van der Waals surface area contributed by atoms with Crippen LogP contribution in [0.3, 0.4) is 0 Å². The molecule has 1 heterocycles. The van der Waals surface area contributed by atoms with E-state index in [2.05, 4.69) is 10.3 Å². The normalized spacial score (nSPS) is 10.4. The zero-order valence-electron chi connectivity index (χ0n) is 10.7. The molecule has 19 heavy (non-hydrogen) atoms. The molecule has 0 atom stereocenters. The fraction of sp³-hybridized carbons (Fsp3) is 0.286. The van der Waals surface area contributed by atoms with E-state index in [0.29, 0.717) is 18.7 Å². The van der Waals surface area contributed by atoms with E-state index < -0.39 is 0 Å². The summed E-state index contributed by atoms with van der Waals surface area (Å²) in [7, 11) is 0. The number of imidazole rings is 1. The van der Waals surface area contributed by atoms with Crippen LogP contribution >= 0.6 is 0 Å². The molecule has 0 saturated carbocycles. The van der Waals surface area contributed by atoms with Gasteiger partial charge in [-0.05, 0) is 43.7 Å². The predicted molar refractivity (Wildman–Crippen MR) is 74.2 cm³/mol. The standard InChI is InChI=1S/C14H18N4O/c15-7-1-2-8-17-14(19)12-3-5-13(6-4-12)18-10-9-16-11-18/h3-6,9-11H,1-2,7-8,15H2,(H,17,19). The van der Waals surface area contributed by atoms with Gasteiger partial charge in [-0.2, -0.15) is 0 Å². The van der Waals surface area contributed by atoms with Gasteiger partial charge in [-0.3, -0.25) is 4.79 Å². The fourth-order valence-electron chi connectivity index (χ4n) is 1.77. The molecule has 1 amide bonds. The van der Waals surface area contributed by atoms with Crippen LogP contribution in [-0.4, -0.2) is 28.5 Å². The predicted octanol–water partition coefficient (Wildman–Crippen LogP) is 1.34. The highest BCUT2D eigenvalue weighted by Crippen LogP contribution is 2.09. The zero-order valence-corrected chi connectivity index (χ0v) is 10.7. The van der Waals surface area contributed by atoms with E-state index >= 15 is 0 Å². The molecule has 1 aromatic carbocycles. The molecule has 0 unspecified atom stereocenters. The van der Waals surface area contributed by atoms with Crippen molar-refractivity contribution >= 4 is 5.91 Å². The molecule has 0 spiro atoms. The largest absolute Gasteiger partial charge is 0.352 e. The Balaban J connectivity index is 1.93. The molecular formula is C14H18N4O. The van der Waals surface area contributed by atoms with Crippen molar-refractivity contribution in [2.45, 2.75) is 12.8 Å². The number of benzene rings is 1. The van der Waals surface area contributed by atoms with Crippen molar-refractivity contribution in [3.05, 3.63) is 48.5 Å². The van der Waals surface area contributed by atoms with Crippen LogP contribution in [0.2, 0.25) is 0 Å². The fourth-order valence-corrected chi connectivity index (χ4v) is 1.77. The summed E-state index contributed by atoms with van der Waals surface area (Å²) < 4.78 is 1.89. The van der Waals surface area contributed by atoms with Gasteiger partial charge in [0.2, 0.25) is 0 Å². The highest BCUT2D eigenvalue weighted by molar-refractivity contribution is 5.94. The molecule has 5 nitrogen and oxygen atoms in total. The first-order chi connectivity index (χ1) is 9.31. The number of carbonyl (C=O) groups is 1. The van der Waals surface area contributed by atoms with Gasteiger partial charge in [-0.25, -0.2) is 4.98 Å². The average molecular weight is 258 g/mol. The van der Waals surface area contributed by atoms with Crippen molar-refractivity contribution in [3.8, 4) is 5.69 Å². The number of hydrogen-bond donors (Lipinski definition) is 2. The first-order valence-electron chi connectivity index (χ1n) is 6.38. The molecule has 0 bridgehead atoms. The summed E-state index contributed by atoms with van der Waals surface area (Å²) in [4.78, 5) is 15.8. The Bertz CT molecular complexity index is 505. The second-order valence-corrected chi connectivity index (χ2v) is 4.27. The minimum absolute atomic E-state index is 0.0470. The maximum absolute atomic E-state index is 11.8. The first kappa shape index (κ1) is 13.3. The van der Waals surface area contributed by atoms with Gasteiger partial charge in [-0.15, -0.1) is 0 Å². The van der Waals surface area contributed by atoms with E-state index in [4.69, 9.17) is 5.73 Å². The quantitative estimate of drug-likeness (QED) is 0.768. The maximum Gasteiger partial charge on any atom is 0.251 e. The lowest BCUT2D eigenvalue weighted by molar-refractivity contribution is 0.0953. The van der Waals surface area contributed by atoms with Gasteiger partial charge in [0.05, 0.1) is 6.33 Å². The lowest BCUT2D eigenvalue weighted by Crippen LogP contribution is -2.24. The SMILES string of the molecule is NCCCCNC(=O)c1ccc(-n2ccnc2)cc1. The first-order valence-corrected chi connectivity index (χ1v) is 6.38. The lowest BCUT2D eigenvalue weighted by Gasteiger charge is -2.06. The number of aromatic nitrogens is 2. The van der Waals surface area contributed by atoms with Crippen molar-refractivity contribution in [3.63, 3.8) is 0 Å². The summed E-state index contributed by atoms with van der Waals surface area (Å²) in [5.74, 6) is -0.0470. The van der Waals surface area contributed by atoms with Crippen LogP contribution in [0.4, 0.5) is 0 Å². The summed E-state index contributed by atoms with van der Waals surface area (Å²) in [6.07, 6.45) is 7.15. The maximum atomic E-state index is 11.8. The summed E-state index contributed by atoms with van der Waals surface area (Å²) in [5.41, 5.74) is 7.05. The Kier molecular flexibility index (Phi) is 4.69. The summed E-state index contributed by atoms with van der Waals surface area (Å²) in [5, 5.41) is 2.87. The molecule has 1 aromatic heterocycles. The van der Waals surface area contributed by atoms with E-state index in [1.807, 2.05) is 35.0 Å². The molecule has 2 aromatic rings. The molecule has 0 radical (unpaired) electrons. The van der Waals surface area contributed by atoms with Crippen LogP contribution in [0.25, 0.3) is 5.69 Å². The van der Waals surface area contributed by atoms with E-state index in [-0.39, 0.29) is 5.91 Å². The average Bonchev–Trinajstić information content (AvgIpc) is 2.98. The van der Waals surface area contributed by atoms with E-state index in [9.17, 15) is 4.79 Å². The lowest BCUT2D eigenvalue weighted by atomic mass is 10.2. The van der Waals surface area contributed by atoms with Crippen LogP contribution in [0, 0.1) is 0 Å². The van der Waals surface area contributed by atoms with Gasteiger partial charge in [0.1, 0.15) is 0 Å². The van der Waals surface area contributed by atoms with Gasteiger partial charge in [0, 0.05) is 30.2 Å². The van der Waals surface area contributed by atoms with E-state index in [1.165, 1.54) is 0 Å². The van der Waals surface area contributed by atoms with Gasteiger partial charge >= 0.3 is 0 Å². The molecule has 0 aliphatic rings. The second kappa shape index (κ2) is 6.70. The Morgan fingerprint density at radius 3 is 2.68 bits per heavy atom. The second-order valence-electron chi connectivity index (χ2n) is 4.27. The summed E-state index contributed by atoms with van der Waals surface area (Å²) >= 11 is 0. The number of nitrogens with two attached hydrogens (primary N) is 1. The number of hydrogen-bond acceptors (Lipinski definition) is 3. The number of unbranched alkanes of at least 4 members (excludes halogenated alkanes) is 1. The summed E-state index contributed by atoms with van der Waals surface area (Å²) in [6, 6.07) is 7.42. The number of carbonyl (C=O) groups excluding carboxylic acids is 1. The molecule has 5 heteroatoms. The van der Waals surface area contributed by atoms with Crippen molar-refractivity contribution in [2.75, 3.05) is 13.1 Å².